The van der Waals surface area contributed by atoms with E-state index in [2.05, 4.69) is 24.0 Å². The van der Waals surface area contributed by atoms with E-state index in [1.807, 2.05) is 16.3 Å². The molecule has 0 aliphatic carbocycles. The summed E-state index contributed by atoms with van der Waals surface area (Å²) in [7, 11) is 0. The molecule has 118 valence electrons. The molecule has 22 heavy (non-hydrogen) atoms. The molecular weight excluding hydrogens is 336 g/mol. The Morgan fingerprint density at radius 3 is 2.64 bits per heavy atom. The Morgan fingerprint density at radius 1 is 1.23 bits per heavy atom. The molecule has 3 rings (SSSR count). The lowest BCUT2D eigenvalue weighted by Gasteiger charge is -2.34. The molecule has 1 saturated heterocycles. The molecular formula is C16H19ClN2OS2. The number of piperazine rings is 1. The van der Waals surface area contributed by atoms with Gasteiger partial charge in [-0.15, -0.1) is 22.7 Å². The van der Waals surface area contributed by atoms with Crippen molar-refractivity contribution >= 4 is 40.2 Å². The fraction of sp³-hybridized carbons (Fsp3) is 0.438. The van der Waals surface area contributed by atoms with E-state index in [1.165, 1.54) is 10.4 Å². The van der Waals surface area contributed by atoms with Gasteiger partial charge in [0.1, 0.15) is 0 Å². The van der Waals surface area contributed by atoms with Crippen LogP contribution < -0.4 is 0 Å². The summed E-state index contributed by atoms with van der Waals surface area (Å²) in [6, 6.07) is 6.10. The van der Waals surface area contributed by atoms with Gasteiger partial charge < -0.3 is 4.90 Å². The van der Waals surface area contributed by atoms with Gasteiger partial charge in [-0.1, -0.05) is 18.5 Å². The van der Waals surface area contributed by atoms with Crippen LogP contribution in [-0.4, -0.2) is 41.9 Å². The summed E-state index contributed by atoms with van der Waals surface area (Å²) in [5, 5.41) is 2.02. The number of hydrogen-bond donors (Lipinski definition) is 0. The standard InChI is InChI=1S/C16H19ClN2OS2/c1-2-12-5-10-21-15(12)16(20)19-8-6-18(7-9-19)11-13-3-4-14(17)22-13/h3-5,10H,2,6-9,11H2,1H3. The average molecular weight is 355 g/mol. The van der Waals surface area contributed by atoms with Crippen LogP contribution in [0.2, 0.25) is 4.34 Å². The molecule has 0 radical (unpaired) electrons. The number of amides is 1. The zero-order chi connectivity index (χ0) is 15.5. The topological polar surface area (TPSA) is 23.6 Å². The zero-order valence-corrected chi connectivity index (χ0v) is 14.9. The number of thiophene rings is 2. The summed E-state index contributed by atoms with van der Waals surface area (Å²) in [6.07, 6.45) is 0.920. The van der Waals surface area contributed by atoms with Gasteiger partial charge in [0, 0.05) is 37.6 Å². The minimum atomic E-state index is 0.200. The predicted octanol–water partition coefficient (Wildman–Crippen LogP) is 3.98. The van der Waals surface area contributed by atoms with E-state index in [4.69, 9.17) is 11.6 Å². The van der Waals surface area contributed by atoms with Gasteiger partial charge >= 0.3 is 0 Å². The van der Waals surface area contributed by atoms with E-state index < -0.39 is 0 Å². The summed E-state index contributed by atoms with van der Waals surface area (Å²) < 4.78 is 0.841. The van der Waals surface area contributed by atoms with Gasteiger partial charge in [0.05, 0.1) is 9.21 Å². The number of carbonyl (C=O) groups is 1. The SMILES string of the molecule is CCc1ccsc1C(=O)N1CCN(Cc2ccc(Cl)s2)CC1. The fourth-order valence-electron chi connectivity index (χ4n) is 2.71. The monoisotopic (exact) mass is 354 g/mol. The van der Waals surface area contributed by atoms with Crippen molar-refractivity contribution in [1.29, 1.82) is 0 Å². The van der Waals surface area contributed by atoms with E-state index in [0.717, 1.165) is 48.4 Å². The van der Waals surface area contributed by atoms with Crippen molar-refractivity contribution in [1.82, 2.24) is 9.80 Å². The van der Waals surface area contributed by atoms with E-state index in [0.29, 0.717) is 0 Å². The normalized spacial score (nSPS) is 16.2. The molecule has 0 bridgehead atoms. The molecule has 0 atom stereocenters. The summed E-state index contributed by atoms with van der Waals surface area (Å²) in [4.78, 5) is 19.2. The van der Waals surface area contributed by atoms with Gasteiger partial charge in [-0.3, -0.25) is 9.69 Å². The molecule has 1 amide bonds. The van der Waals surface area contributed by atoms with Gasteiger partial charge in [0.2, 0.25) is 0 Å². The first kappa shape index (κ1) is 16.0. The lowest BCUT2D eigenvalue weighted by atomic mass is 10.2. The van der Waals surface area contributed by atoms with Crippen LogP contribution in [0.15, 0.2) is 23.6 Å². The molecule has 0 unspecified atom stereocenters. The zero-order valence-electron chi connectivity index (χ0n) is 12.5. The highest BCUT2D eigenvalue weighted by Crippen LogP contribution is 2.24. The third-order valence-electron chi connectivity index (χ3n) is 3.99. The third kappa shape index (κ3) is 3.54. The van der Waals surface area contributed by atoms with Crippen molar-refractivity contribution in [3.63, 3.8) is 0 Å². The summed E-state index contributed by atoms with van der Waals surface area (Å²) in [5.74, 6) is 0.200. The first-order valence-corrected chi connectivity index (χ1v) is 9.57. The highest BCUT2D eigenvalue weighted by Gasteiger charge is 2.24. The molecule has 0 saturated carbocycles. The van der Waals surface area contributed by atoms with Crippen LogP contribution in [0.1, 0.15) is 27.0 Å². The van der Waals surface area contributed by atoms with Crippen LogP contribution in [0.4, 0.5) is 0 Å². The molecule has 2 aromatic rings. The first-order valence-electron chi connectivity index (χ1n) is 7.49. The van der Waals surface area contributed by atoms with Crippen LogP contribution in [-0.2, 0) is 13.0 Å². The molecule has 1 fully saturated rings. The Labute approximate surface area is 144 Å². The Morgan fingerprint density at radius 2 is 2.00 bits per heavy atom. The summed E-state index contributed by atoms with van der Waals surface area (Å²) in [6.45, 7) is 6.49. The second-order valence-corrected chi connectivity index (χ2v) is 8.12. The van der Waals surface area contributed by atoms with Gasteiger partial charge in [-0.2, -0.15) is 0 Å². The van der Waals surface area contributed by atoms with Gasteiger partial charge in [0.15, 0.2) is 0 Å². The largest absolute Gasteiger partial charge is 0.335 e. The lowest BCUT2D eigenvalue weighted by molar-refractivity contribution is 0.0633. The van der Waals surface area contributed by atoms with Crippen molar-refractivity contribution in [2.45, 2.75) is 19.9 Å². The number of aryl methyl sites for hydroxylation is 1. The maximum absolute atomic E-state index is 12.6. The minimum absolute atomic E-state index is 0.200. The third-order valence-corrected chi connectivity index (χ3v) is 6.15. The number of rotatable bonds is 4. The second kappa shape index (κ2) is 7.13. The molecule has 1 aliphatic rings. The van der Waals surface area contributed by atoms with Crippen LogP contribution >= 0.6 is 34.3 Å². The van der Waals surface area contributed by atoms with Crippen molar-refractivity contribution in [3.05, 3.63) is 43.2 Å². The van der Waals surface area contributed by atoms with E-state index >= 15 is 0 Å². The molecule has 3 heterocycles. The van der Waals surface area contributed by atoms with Crippen molar-refractivity contribution < 1.29 is 4.79 Å². The van der Waals surface area contributed by atoms with Gasteiger partial charge in [0.25, 0.3) is 5.91 Å². The van der Waals surface area contributed by atoms with Gasteiger partial charge in [-0.05, 0) is 35.6 Å². The maximum atomic E-state index is 12.6. The number of hydrogen-bond acceptors (Lipinski definition) is 4. The van der Waals surface area contributed by atoms with Crippen LogP contribution in [0, 0.1) is 0 Å². The fourth-order valence-corrected chi connectivity index (χ4v) is 4.80. The smallest absolute Gasteiger partial charge is 0.264 e. The lowest BCUT2D eigenvalue weighted by Crippen LogP contribution is -2.48. The van der Waals surface area contributed by atoms with Crippen LogP contribution in [0.5, 0.6) is 0 Å². The molecule has 0 spiro atoms. The first-order chi connectivity index (χ1) is 10.7. The molecule has 2 aromatic heterocycles. The number of halogens is 1. The Hall–Kier alpha value is -0.880. The average Bonchev–Trinajstić information content (AvgIpc) is 3.16. The quantitative estimate of drug-likeness (QED) is 0.829. The van der Waals surface area contributed by atoms with E-state index in [9.17, 15) is 4.79 Å². The van der Waals surface area contributed by atoms with E-state index in [-0.39, 0.29) is 5.91 Å². The highest BCUT2D eigenvalue weighted by molar-refractivity contribution is 7.16. The maximum Gasteiger partial charge on any atom is 0.264 e. The summed E-state index contributed by atoms with van der Waals surface area (Å²) >= 11 is 9.18. The van der Waals surface area contributed by atoms with Crippen molar-refractivity contribution in [3.8, 4) is 0 Å². The molecule has 1 aliphatic heterocycles. The molecule has 0 aromatic carbocycles. The minimum Gasteiger partial charge on any atom is -0.335 e. The molecule has 6 heteroatoms. The number of carbonyl (C=O) groups excluding carboxylic acids is 1. The van der Waals surface area contributed by atoms with Crippen LogP contribution in [0.3, 0.4) is 0 Å². The van der Waals surface area contributed by atoms with Crippen molar-refractivity contribution in [2.75, 3.05) is 26.2 Å². The highest BCUT2D eigenvalue weighted by atomic mass is 35.5. The van der Waals surface area contributed by atoms with Crippen LogP contribution in [0.25, 0.3) is 0 Å². The number of nitrogens with zero attached hydrogens (tertiary/aromatic N) is 2. The predicted molar refractivity (Wildman–Crippen MR) is 94.2 cm³/mol. The second-order valence-electron chi connectivity index (χ2n) is 5.40. The van der Waals surface area contributed by atoms with E-state index in [1.54, 1.807) is 22.7 Å². The Bertz CT molecular complexity index is 644. The molecule has 3 nitrogen and oxygen atoms in total. The summed E-state index contributed by atoms with van der Waals surface area (Å²) in [5.41, 5.74) is 1.17. The Kier molecular flexibility index (Phi) is 5.18. The van der Waals surface area contributed by atoms with Gasteiger partial charge in [-0.25, -0.2) is 0 Å². The Balaban J connectivity index is 1.56. The van der Waals surface area contributed by atoms with Crippen molar-refractivity contribution in [2.24, 2.45) is 0 Å². The molecule has 0 N–H and O–H groups in total.